The Morgan fingerprint density at radius 1 is 1.24 bits per heavy atom. The molecule has 0 atom stereocenters. The number of hydrogen-bond acceptors (Lipinski definition) is 3. The molecule has 3 nitrogen and oxygen atoms in total. The van der Waals surface area contributed by atoms with Crippen LogP contribution in [0, 0.1) is 17.1 Å². The van der Waals surface area contributed by atoms with Crippen LogP contribution in [0.3, 0.4) is 0 Å². The van der Waals surface area contributed by atoms with Gasteiger partial charge in [0.05, 0.1) is 5.02 Å². The SMILES string of the molecule is N#Cc1cc(Nc2ccc(Cl)c(F)c2)ccn1. The fraction of sp³-hybridized carbons (Fsp3) is 0. The third-order valence-electron chi connectivity index (χ3n) is 2.08. The first-order valence-electron chi connectivity index (χ1n) is 4.77. The van der Waals surface area contributed by atoms with Crippen molar-refractivity contribution in [3.63, 3.8) is 0 Å². The van der Waals surface area contributed by atoms with Gasteiger partial charge < -0.3 is 5.32 Å². The Labute approximate surface area is 102 Å². The van der Waals surface area contributed by atoms with E-state index in [0.717, 1.165) is 0 Å². The summed E-state index contributed by atoms with van der Waals surface area (Å²) in [4.78, 5) is 3.83. The van der Waals surface area contributed by atoms with Gasteiger partial charge in [0, 0.05) is 17.6 Å². The number of benzene rings is 1. The number of pyridine rings is 1. The molecule has 0 amide bonds. The zero-order valence-electron chi connectivity index (χ0n) is 8.61. The maximum absolute atomic E-state index is 13.2. The van der Waals surface area contributed by atoms with Crippen molar-refractivity contribution < 1.29 is 4.39 Å². The second-order valence-electron chi connectivity index (χ2n) is 3.30. The van der Waals surface area contributed by atoms with Crippen LogP contribution in [0.5, 0.6) is 0 Å². The number of rotatable bonds is 2. The molecule has 1 heterocycles. The predicted octanol–water partition coefficient (Wildman–Crippen LogP) is 3.49. The molecule has 1 aromatic carbocycles. The second-order valence-corrected chi connectivity index (χ2v) is 3.70. The minimum Gasteiger partial charge on any atom is -0.355 e. The van der Waals surface area contributed by atoms with E-state index in [4.69, 9.17) is 16.9 Å². The van der Waals surface area contributed by atoms with Gasteiger partial charge >= 0.3 is 0 Å². The topological polar surface area (TPSA) is 48.7 Å². The van der Waals surface area contributed by atoms with E-state index in [-0.39, 0.29) is 5.02 Å². The molecule has 84 valence electrons. The Balaban J connectivity index is 2.25. The van der Waals surface area contributed by atoms with Crippen LogP contribution in [0.2, 0.25) is 5.02 Å². The van der Waals surface area contributed by atoms with Crippen molar-refractivity contribution in [1.29, 1.82) is 5.26 Å². The summed E-state index contributed by atoms with van der Waals surface area (Å²) in [6.07, 6.45) is 1.51. The monoisotopic (exact) mass is 247 g/mol. The van der Waals surface area contributed by atoms with Crippen LogP contribution in [-0.2, 0) is 0 Å². The number of nitrogens with one attached hydrogen (secondary N) is 1. The lowest BCUT2D eigenvalue weighted by atomic mass is 10.2. The Hall–Kier alpha value is -2.12. The molecule has 1 N–H and O–H groups in total. The van der Waals surface area contributed by atoms with Gasteiger partial charge in [0.2, 0.25) is 0 Å². The molecule has 0 bridgehead atoms. The number of nitrogens with zero attached hydrogens (tertiary/aromatic N) is 2. The fourth-order valence-electron chi connectivity index (χ4n) is 1.31. The average molecular weight is 248 g/mol. The molecule has 0 fully saturated rings. The molecular weight excluding hydrogens is 241 g/mol. The highest BCUT2D eigenvalue weighted by molar-refractivity contribution is 6.30. The molecular formula is C12H7ClFN3. The van der Waals surface area contributed by atoms with Gasteiger partial charge in [0.1, 0.15) is 17.6 Å². The Morgan fingerprint density at radius 2 is 2.00 bits per heavy atom. The van der Waals surface area contributed by atoms with Gasteiger partial charge in [-0.1, -0.05) is 11.6 Å². The summed E-state index contributed by atoms with van der Waals surface area (Å²) >= 11 is 5.58. The number of aromatic nitrogens is 1. The van der Waals surface area contributed by atoms with Crippen LogP contribution in [0.25, 0.3) is 0 Å². The van der Waals surface area contributed by atoms with Crippen molar-refractivity contribution in [2.45, 2.75) is 0 Å². The van der Waals surface area contributed by atoms with Gasteiger partial charge in [-0.2, -0.15) is 5.26 Å². The van der Waals surface area contributed by atoms with E-state index >= 15 is 0 Å². The lowest BCUT2D eigenvalue weighted by Crippen LogP contribution is -1.93. The van der Waals surface area contributed by atoms with E-state index in [0.29, 0.717) is 17.1 Å². The van der Waals surface area contributed by atoms with Gasteiger partial charge in [0.15, 0.2) is 0 Å². The predicted molar refractivity (Wildman–Crippen MR) is 63.6 cm³/mol. The summed E-state index contributed by atoms with van der Waals surface area (Å²) in [6, 6.07) is 9.59. The minimum absolute atomic E-state index is 0.0722. The van der Waals surface area contributed by atoms with Crippen molar-refractivity contribution in [2.24, 2.45) is 0 Å². The maximum Gasteiger partial charge on any atom is 0.143 e. The van der Waals surface area contributed by atoms with E-state index in [1.54, 1.807) is 18.2 Å². The molecule has 0 radical (unpaired) electrons. The molecule has 0 aliphatic rings. The van der Waals surface area contributed by atoms with Crippen molar-refractivity contribution in [1.82, 2.24) is 4.98 Å². The second kappa shape index (κ2) is 4.81. The maximum atomic E-state index is 13.2. The molecule has 17 heavy (non-hydrogen) atoms. The van der Waals surface area contributed by atoms with E-state index in [2.05, 4.69) is 10.3 Å². The third-order valence-corrected chi connectivity index (χ3v) is 2.39. The van der Waals surface area contributed by atoms with Gasteiger partial charge in [0.25, 0.3) is 0 Å². The van der Waals surface area contributed by atoms with Crippen LogP contribution in [0.1, 0.15) is 5.69 Å². The van der Waals surface area contributed by atoms with Crippen LogP contribution in [0.15, 0.2) is 36.5 Å². The van der Waals surface area contributed by atoms with Crippen LogP contribution in [-0.4, -0.2) is 4.98 Å². The van der Waals surface area contributed by atoms with Crippen LogP contribution in [0.4, 0.5) is 15.8 Å². The highest BCUT2D eigenvalue weighted by Gasteiger charge is 2.02. The molecule has 0 aliphatic heterocycles. The van der Waals surface area contributed by atoms with Crippen LogP contribution >= 0.6 is 11.6 Å². The first kappa shape index (κ1) is 11.4. The zero-order chi connectivity index (χ0) is 12.3. The summed E-state index contributed by atoms with van der Waals surface area (Å²) in [5.41, 5.74) is 1.52. The number of hydrogen-bond donors (Lipinski definition) is 1. The number of nitriles is 1. The van der Waals surface area contributed by atoms with Crippen molar-refractivity contribution >= 4 is 23.0 Å². The van der Waals surface area contributed by atoms with Crippen molar-refractivity contribution in [2.75, 3.05) is 5.32 Å². The molecule has 0 aliphatic carbocycles. The summed E-state index contributed by atoms with van der Waals surface area (Å²) < 4.78 is 13.2. The number of anilines is 2. The summed E-state index contributed by atoms with van der Waals surface area (Å²) in [7, 11) is 0. The van der Waals surface area contributed by atoms with E-state index in [1.807, 2.05) is 6.07 Å². The van der Waals surface area contributed by atoms with Crippen LogP contribution < -0.4 is 5.32 Å². The zero-order valence-corrected chi connectivity index (χ0v) is 9.37. The number of halogens is 2. The standard InChI is InChI=1S/C12H7ClFN3/c13-11-2-1-8(6-12(11)14)17-9-3-4-16-10(5-9)7-15/h1-6H,(H,16,17). The minimum atomic E-state index is -0.494. The highest BCUT2D eigenvalue weighted by atomic mass is 35.5. The largest absolute Gasteiger partial charge is 0.355 e. The van der Waals surface area contributed by atoms with Crippen molar-refractivity contribution in [3.8, 4) is 6.07 Å². The Bertz CT molecular complexity index is 593. The van der Waals surface area contributed by atoms with Crippen molar-refractivity contribution in [3.05, 3.63) is 53.1 Å². The smallest absolute Gasteiger partial charge is 0.143 e. The summed E-state index contributed by atoms with van der Waals surface area (Å²) in [5, 5.41) is 11.7. The molecule has 0 unspecified atom stereocenters. The first-order chi connectivity index (χ1) is 8.19. The van der Waals surface area contributed by atoms with E-state index in [1.165, 1.54) is 18.3 Å². The first-order valence-corrected chi connectivity index (χ1v) is 5.15. The van der Waals surface area contributed by atoms with E-state index < -0.39 is 5.82 Å². The summed E-state index contributed by atoms with van der Waals surface area (Å²) in [6.45, 7) is 0. The molecule has 0 saturated carbocycles. The molecule has 1 aromatic heterocycles. The van der Waals surface area contributed by atoms with E-state index in [9.17, 15) is 4.39 Å². The Kier molecular flexibility index (Phi) is 3.22. The molecule has 0 saturated heterocycles. The normalized spacial score (nSPS) is 9.71. The summed E-state index contributed by atoms with van der Waals surface area (Å²) in [5.74, 6) is -0.494. The quantitative estimate of drug-likeness (QED) is 0.884. The van der Waals surface area contributed by atoms with Gasteiger partial charge in [-0.05, 0) is 30.3 Å². The molecule has 5 heteroatoms. The van der Waals surface area contributed by atoms with Gasteiger partial charge in [-0.3, -0.25) is 0 Å². The highest BCUT2D eigenvalue weighted by Crippen LogP contribution is 2.22. The molecule has 2 aromatic rings. The van der Waals surface area contributed by atoms with Gasteiger partial charge in [-0.15, -0.1) is 0 Å². The Morgan fingerprint density at radius 3 is 2.71 bits per heavy atom. The third kappa shape index (κ3) is 2.71. The molecule has 2 rings (SSSR count). The lowest BCUT2D eigenvalue weighted by molar-refractivity contribution is 0.629. The fourth-order valence-corrected chi connectivity index (χ4v) is 1.43. The molecule has 0 spiro atoms. The van der Waals surface area contributed by atoms with Gasteiger partial charge in [-0.25, -0.2) is 9.37 Å². The average Bonchev–Trinajstić information content (AvgIpc) is 2.34. The lowest BCUT2D eigenvalue weighted by Gasteiger charge is -2.06.